The van der Waals surface area contributed by atoms with Crippen LogP contribution in [0.3, 0.4) is 0 Å². The van der Waals surface area contributed by atoms with Crippen molar-refractivity contribution < 1.29 is 18.9 Å². The highest BCUT2D eigenvalue weighted by Gasteiger charge is 2.25. The summed E-state index contributed by atoms with van der Waals surface area (Å²) in [6.07, 6.45) is 1.55. The number of carbonyl (C=O) groups is 2. The fourth-order valence-corrected chi connectivity index (χ4v) is 3.80. The van der Waals surface area contributed by atoms with Gasteiger partial charge in [-0.2, -0.15) is 0 Å². The second-order valence-electron chi connectivity index (χ2n) is 5.23. The molecule has 2 amide bonds. The Morgan fingerprint density at radius 3 is 2.30 bits per heavy atom. The lowest BCUT2D eigenvalue weighted by atomic mass is 10.1. The summed E-state index contributed by atoms with van der Waals surface area (Å²) in [5.41, 5.74) is 0. The van der Waals surface area contributed by atoms with Crippen molar-refractivity contribution in [3.63, 3.8) is 0 Å². The van der Waals surface area contributed by atoms with Crippen LogP contribution in [0.5, 0.6) is 0 Å². The zero-order chi connectivity index (χ0) is 14.5. The van der Waals surface area contributed by atoms with E-state index in [2.05, 4.69) is 5.32 Å². The predicted octanol–water partition coefficient (Wildman–Crippen LogP) is -0.691. The summed E-state index contributed by atoms with van der Waals surface area (Å²) in [7, 11) is -0.718. The largest absolute Gasteiger partial charge is 0.480 e. The second-order valence-corrected chi connectivity index (χ2v) is 6.92. The smallest absolute Gasteiger partial charge is 0.317 e. The van der Waals surface area contributed by atoms with Gasteiger partial charge in [0.25, 0.3) is 0 Å². The van der Waals surface area contributed by atoms with E-state index in [9.17, 15) is 13.8 Å². The molecule has 0 saturated carbocycles. The molecule has 0 aliphatic carbocycles. The van der Waals surface area contributed by atoms with Gasteiger partial charge in [-0.25, -0.2) is 4.79 Å². The highest BCUT2D eigenvalue weighted by atomic mass is 32.2. The fourth-order valence-electron chi connectivity index (χ4n) is 2.50. The van der Waals surface area contributed by atoms with Gasteiger partial charge >= 0.3 is 12.0 Å². The molecule has 20 heavy (non-hydrogen) atoms. The summed E-state index contributed by atoms with van der Waals surface area (Å²) in [4.78, 5) is 26.2. The zero-order valence-corrected chi connectivity index (χ0v) is 12.2. The quantitative estimate of drug-likeness (QED) is 0.720. The Labute approximate surface area is 120 Å². The second kappa shape index (κ2) is 7.03. The van der Waals surface area contributed by atoms with E-state index in [1.54, 1.807) is 4.90 Å². The molecule has 0 aromatic carbocycles. The topological polar surface area (TPSA) is 89.9 Å². The number of nitrogens with one attached hydrogen (secondary N) is 1. The van der Waals surface area contributed by atoms with Crippen LogP contribution >= 0.6 is 0 Å². The molecule has 0 bridgehead atoms. The molecule has 0 aromatic rings. The van der Waals surface area contributed by atoms with E-state index >= 15 is 0 Å². The molecule has 7 nitrogen and oxygen atoms in total. The number of carbonyl (C=O) groups excluding carboxylic acids is 1. The number of urea groups is 1. The summed E-state index contributed by atoms with van der Waals surface area (Å²) >= 11 is 0. The molecule has 2 N–H and O–H groups in total. The molecule has 2 aliphatic heterocycles. The van der Waals surface area contributed by atoms with Crippen LogP contribution in [0.1, 0.15) is 12.8 Å². The van der Waals surface area contributed by atoms with E-state index in [4.69, 9.17) is 5.11 Å². The number of piperazine rings is 1. The molecular formula is C12H21N3O4S. The number of amides is 2. The fraction of sp³-hybridized carbons (Fsp3) is 0.833. The number of nitrogens with zero attached hydrogens (tertiary/aromatic N) is 2. The molecule has 0 spiro atoms. The third-order valence-electron chi connectivity index (χ3n) is 3.73. The van der Waals surface area contributed by atoms with Gasteiger partial charge in [-0.05, 0) is 12.8 Å². The van der Waals surface area contributed by atoms with Crippen molar-refractivity contribution in [1.82, 2.24) is 15.1 Å². The van der Waals surface area contributed by atoms with E-state index in [-0.39, 0.29) is 18.6 Å². The first kappa shape index (κ1) is 15.2. The minimum Gasteiger partial charge on any atom is -0.480 e. The van der Waals surface area contributed by atoms with Gasteiger partial charge in [0.15, 0.2) is 0 Å². The monoisotopic (exact) mass is 303 g/mol. The van der Waals surface area contributed by atoms with Crippen LogP contribution in [0.4, 0.5) is 4.79 Å². The number of hydrogen-bond acceptors (Lipinski definition) is 4. The van der Waals surface area contributed by atoms with Gasteiger partial charge in [-0.1, -0.05) is 0 Å². The maximum Gasteiger partial charge on any atom is 0.317 e. The van der Waals surface area contributed by atoms with E-state index in [0.717, 1.165) is 12.8 Å². The Hall–Kier alpha value is -1.15. The normalized spacial score (nSPS) is 28.1. The van der Waals surface area contributed by atoms with E-state index < -0.39 is 16.8 Å². The van der Waals surface area contributed by atoms with E-state index in [0.29, 0.717) is 37.7 Å². The Bertz CT molecular complexity index is 386. The van der Waals surface area contributed by atoms with Crippen LogP contribution in [-0.2, 0) is 15.6 Å². The number of aliphatic carboxylic acids is 1. The van der Waals surface area contributed by atoms with Crippen molar-refractivity contribution in [1.29, 1.82) is 0 Å². The van der Waals surface area contributed by atoms with Gasteiger partial charge in [0.1, 0.15) is 0 Å². The van der Waals surface area contributed by atoms with Crippen LogP contribution in [0.25, 0.3) is 0 Å². The maximum atomic E-state index is 12.1. The first-order valence-corrected chi connectivity index (χ1v) is 8.38. The van der Waals surface area contributed by atoms with Crippen molar-refractivity contribution in [3.05, 3.63) is 0 Å². The predicted molar refractivity (Wildman–Crippen MR) is 75.1 cm³/mol. The average Bonchev–Trinajstić information content (AvgIpc) is 2.41. The van der Waals surface area contributed by atoms with Crippen LogP contribution in [0.15, 0.2) is 0 Å². The van der Waals surface area contributed by atoms with E-state index in [1.807, 2.05) is 4.90 Å². The number of carboxylic acids is 1. The standard InChI is InChI=1S/C12H21N3O4S/c16-11(17)9-14-3-5-15(6-4-14)12(18)13-10-1-7-20(19)8-2-10/h10H,1-9H2,(H,13,18)(H,16,17). The van der Waals surface area contributed by atoms with Crippen LogP contribution in [0.2, 0.25) is 0 Å². The van der Waals surface area contributed by atoms with Crippen LogP contribution in [-0.4, -0.2) is 81.4 Å². The average molecular weight is 303 g/mol. The maximum absolute atomic E-state index is 12.1. The first-order chi connectivity index (χ1) is 9.54. The van der Waals surface area contributed by atoms with Crippen molar-refractivity contribution in [2.24, 2.45) is 0 Å². The summed E-state index contributed by atoms with van der Waals surface area (Å²) in [6, 6.07) is 0.0370. The first-order valence-electron chi connectivity index (χ1n) is 6.89. The Morgan fingerprint density at radius 2 is 1.75 bits per heavy atom. The third kappa shape index (κ3) is 4.45. The molecule has 2 aliphatic rings. The number of hydrogen-bond donors (Lipinski definition) is 2. The lowest BCUT2D eigenvalue weighted by Crippen LogP contribution is -2.54. The molecule has 0 radical (unpaired) electrons. The highest BCUT2D eigenvalue weighted by molar-refractivity contribution is 7.85. The summed E-state index contributed by atoms with van der Waals surface area (Å²) in [5, 5.41) is 11.7. The minimum atomic E-state index is -0.835. The summed E-state index contributed by atoms with van der Waals surface area (Å²) in [5.74, 6) is 0.493. The van der Waals surface area contributed by atoms with Crippen molar-refractivity contribution in [3.8, 4) is 0 Å². The minimum absolute atomic E-state index is 0.0316. The molecule has 2 fully saturated rings. The van der Waals surface area contributed by atoms with Crippen LogP contribution < -0.4 is 5.32 Å². The van der Waals surface area contributed by atoms with Gasteiger partial charge in [0.2, 0.25) is 0 Å². The van der Waals surface area contributed by atoms with Gasteiger partial charge in [-0.3, -0.25) is 13.9 Å². The third-order valence-corrected chi connectivity index (χ3v) is 5.12. The summed E-state index contributed by atoms with van der Waals surface area (Å²) < 4.78 is 11.3. The molecule has 114 valence electrons. The number of carboxylic acid groups (broad SMARTS) is 1. The highest BCUT2D eigenvalue weighted by Crippen LogP contribution is 2.10. The molecule has 2 rings (SSSR count). The SMILES string of the molecule is O=C(O)CN1CCN(C(=O)NC2CCS(=O)CC2)CC1. The van der Waals surface area contributed by atoms with Gasteiger partial charge < -0.3 is 15.3 Å². The van der Waals surface area contributed by atoms with Gasteiger partial charge in [0.05, 0.1) is 6.54 Å². The van der Waals surface area contributed by atoms with Crippen molar-refractivity contribution in [2.75, 3.05) is 44.2 Å². The van der Waals surface area contributed by atoms with Crippen molar-refractivity contribution in [2.45, 2.75) is 18.9 Å². The molecule has 0 atom stereocenters. The Balaban J connectivity index is 1.71. The molecule has 0 aromatic heterocycles. The van der Waals surface area contributed by atoms with Crippen LogP contribution in [0, 0.1) is 0 Å². The van der Waals surface area contributed by atoms with Gasteiger partial charge in [-0.15, -0.1) is 0 Å². The number of rotatable bonds is 3. The Morgan fingerprint density at radius 1 is 1.15 bits per heavy atom. The molecule has 8 heteroatoms. The van der Waals surface area contributed by atoms with Gasteiger partial charge in [0, 0.05) is 54.5 Å². The lowest BCUT2D eigenvalue weighted by Gasteiger charge is -2.35. The lowest BCUT2D eigenvalue weighted by molar-refractivity contribution is -0.138. The van der Waals surface area contributed by atoms with E-state index in [1.165, 1.54) is 0 Å². The summed E-state index contributed by atoms with van der Waals surface area (Å²) in [6.45, 7) is 2.32. The molecule has 2 saturated heterocycles. The Kier molecular flexibility index (Phi) is 5.36. The molecular weight excluding hydrogens is 282 g/mol. The molecule has 2 heterocycles. The molecule has 0 unspecified atom stereocenters. The zero-order valence-electron chi connectivity index (χ0n) is 11.4. The van der Waals surface area contributed by atoms with Crippen molar-refractivity contribution >= 4 is 22.8 Å².